The molecular weight excluding hydrogens is 398 g/mol. The van der Waals surface area contributed by atoms with Crippen LogP contribution in [0.2, 0.25) is 0 Å². The lowest BCUT2D eigenvalue weighted by Crippen LogP contribution is -2.46. The van der Waals surface area contributed by atoms with Gasteiger partial charge in [0.25, 0.3) is 0 Å². The molecule has 1 fully saturated rings. The lowest BCUT2D eigenvalue weighted by Gasteiger charge is -2.33. The Bertz CT molecular complexity index is 959. The van der Waals surface area contributed by atoms with Crippen molar-refractivity contribution in [3.63, 3.8) is 0 Å². The van der Waals surface area contributed by atoms with Crippen molar-refractivity contribution in [1.82, 2.24) is 4.90 Å². The molecular formula is C21H24F2N2O3S. The van der Waals surface area contributed by atoms with Gasteiger partial charge in [-0.3, -0.25) is 9.10 Å². The second kappa shape index (κ2) is 8.90. The second-order valence-electron chi connectivity index (χ2n) is 7.38. The van der Waals surface area contributed by atoms with Crippen molar-refractivity contribution in [1.29, 1.82) is 0 Å². The van der Waals surface area contributed by atoms with Gasteiger partial charge in [-0.1, -0.05) is 30.3 Å². The van der Waals surface area contributed by atoms with Gasteiger partial charge in [0.1, 0.15) is 18.2 Å². The molecule has 2 aromatic rings. The molecule has 0 N–H and O–H groups in total. The van der Waals surface area contributed by atoms with Gasteiger partial charge in [0.05, 0.1) is 11.9 Å². The molecule has 0 spiro atoms. The number of benzene rings is 2. The minimum Gasteiger partial charge on any atom is -0.341 e. The van der Waals surface area contributed by atoms with E-state index in [1.807, 2.05) is 18.2 Å². The summed E-state index contributed by atoms with van der Waals surface area (Å²) in [6.07, 6.45) is 3.49. The van der Waals surface area contributed by atoms with Crippen molar-refractivity contribution in [2.45, 2.75) is 19.3 Å². The van der Waals surface area contributed by atoms with Gasteiger partial charge in [-0.15, -0.1) is 0 Å². The molecule has 1 saturated heterocycles. The minimum atomic E-state index is -3.92. The maximum Gasteiger partial charge on any atom is 0.243 e. The van der Waals surface area contributed by atoms with Crippen molar-refractivity contribution < 1.29 is 22.0 Å². The van der Waals surface area contributed by atoms with Crippen LogP contribution in [0.1, 0.15) is 18.4 Å². The number of piperidine rings is 1. The summed E-state index contributed by atoms with van der Waals surface area (Å²) in [7, 11) is -3.92. The number of anilines is 1. The summed E-state index contributed by atoms with van der Waals surface area (Å²) in [6.45, 7) is 0.546. The van der Waals surface area contributed by atoms with Crippen LogP contribution in [0.25, 0.3) is 0 Å². The van der Waals surface area contributed by atoms with Gasteiger partial charge in [0.15, 0.2) is 0 Å². The molecule has 1 aliphatic heterocycles. The largest absolute Gasteiger partial charge is 0.341 e. The van der Waals surface area contributed by atoms with E-state index in [2.05, 4.69) is 12.1 Å². The van der Waals surface area contributed by atoms with E-state index >= 15 is 0 Å². The zero-order valence-corrected chi connectivity index (χ0v) is 17.0. The van der Waals surface area contributed by atoms with Gasteiger partial charge in [-0.25, -0.2) is 17.2 Å². The van der Waals surface area contributed by atoms with E-state index in [9.17, 15) is 22.0 Å². The lowest BCUT2D eigenvalue weighted by molar-refractivity contribution is -0.130. The molecule has 0 aromatic heterocycles. The van der Waals surface area contributed by atoms with Crippen molar-refractivity contribution in [2.24, 2.45) is 5.92 Å². The van der Waals surface area contributed by atoms with Crippen LogP contribution in [-0.4, -0.2) is 45.1 Å². The number of hydrogen-bond donors (Lipinski definition) is 0. The van der Waals surface area contributed by atoms with Crippen LogP contribution in [0.3, 0.4) is 0 Å². The number of hydrogen-bond acceptors (Lipinski definition) is 3. The van der Waals surface area contributed by atoms with Crippen molar-refractivity contribution in [3.8, 4) is 0 Å². The highest BCUT2D eigenvalue weighted by Gasteiger charge is 2.28. The first-order valence-electron chi connectivity index (χ1n) is 9.48. The number of rotatable bonds is 6. The zero-order chi connectivity index (χ0) is 21.0. The van der Waals surface area contributed by atoms with Gasteiger partial charge in [-0.2, -0.15) is 0 Å². The van der Waals surface area contributed by atoms with Crippen molar-refractivity contribution in [2.75, 3.05) is 30.2 Å². The number of halogens is 2. The molecule has 1 aliphatic rings. The summed E-state index contributed by atoms with van der Waals surface area (Å²) in [4.78, 5) is 14.3. The molecule has 0 bridgehead atoms. The molecule has 156 valence electrons. The normalized spacial score (nSPS) is 15.3. The summed E-state index contributed by atoms with van der Waals surface area (Å²) < 4.78 is 52.3. The van der Waals surface area contributed by atoms with E-state index in [4.69, 9.17) is 0 Å². The molecule has 5 nitrogen and oxygen atoms in total. The molecule has 29 heavy (non-hydrogen) atoms. The summed E-state index contributed by atoms with van der Waals surface area (Å²) in [6, 6.07) is 12.7. The Morgan fingerprint density at radius 2 is 1.76 bits per heavy atom. The van der Waals surface area contributed by atoms with E-state index in [1.165, 1.54) is 5.56 Å². The fourth-order valence-electron chi connectivity index (χ4n) is 3.62. The number of carbonyl (C=O) groups excluding carboxylic acids is 1. The highest BCUT2D eigenvalue weighted by Crippen LogP contribution is 2.25. The molecule has 2 aromatic carbocycles. The Morgan fingerprint density at radius 1 is 1.10 bits per heavy atom. The van der Waals surface area contributed by atoms with Gasteiger partial charge in [0.2, 0.25) is 15.9 Å². The van der Waals surface area contributed by atoms with Gasteiger partial charge in [-0.05, 0) is 42.9 Å². The Kier molecular flexibility index (Phi) is 6.52. The number of carbonyl (C=O) groups is 1. The first-order chi connectivity index (χ1) is 13.7. The van der Waals surface area contributed by atoms with E-state index < -0.39 is 34.1 Å². The van der Waals surface area contributed by atoms with Gasteiger partial charge in [0, 0.05) is 19.2 Å². The van der Waals surface area contributed by atoms with E-state index in [0.29, 0.717) is 29.4 Å². The number of nitrogens with zero attached hydrogens (tertiary/aromatic N) is 2. The number of amides is 1. The van der Waals surface area contributed by atoms with Crippen molar-refractivity contribution in [3.05, 3.63) is 65.7 Å². The molecule has 0 saturated carbocycles. The predicted molar refractivity (Wildman–Crippen MR) is 108 cm³/mol. The average molecular weight is 422 g/mol. The van der Waals surface area contributed by atoms with Crippen LogP contribution in [0, 0.1) is 17.6 Å². The van der Waals surface area contributed by atoms with Crippen molar-refractivity contribution >= 4 is 21.6 Å². The third-order valence-corrected chi connectivity index (χ3v) is 6.32. The third kappa shape index (κ3) is 5.53. The maximum absolute atomic E-state index is 14.1. The van der Waals surface area contributed by atoms with E-state index in [1.54, 1.807) is 4.90 Å². The van der Waals surface area contributed by atoms with Crippen LogP contribution in [0.4, 0.5) is 14.5 Å². The quantitative estimate of drug-likeness (QED) is 0.718. The summed E-state index contributed by atoms with van der Waals surface area (Å²) in [5.74, 6) is -1.77. The average Bonchev–Trinajstić information content (AvgIpc) is 2.67. The predicted octanol–water partition coefficient (Wildman–Crippen LogP) is 3.21. The Balaban J connectivity index is 1.63. The maximum atomic E-state index is 14.1. The Hall–Kier alpha value is -2.48. The molecule has 0 aliphatic carbocycles. The van der Waals surface area contributed by atoms with Crippen LogP contribution in [-0.2, 0) is 21.2 Å². The smallest absolute Gasteiger partial charge is 0.243 e. The molecule has 0 radical (unpaired) electrons. The first kappa shape index (κ1) is 21.2. The van der Waals surface area contributed by atoms with E-state index in [0.717, 1.165) is 37.7 Å². The molecule has 0 unspecified atom stereocenters. The van der Waals surface area contributed by atoms with Crippen LogP contribution in [0.15, 0.2) is 48.5 Å². The monoisotopic (exact) mass is 422 g/mol. The molecule has 1 heterocycles. The zero-order valence-electron chi connectivity index (χ0n) is 16.2. The highest BCUT2D eigenvalue weighted by molar-refractivity contribution is 7.92. The summed E-state index contributed by atoms with van der Waals surface area (Å²) in [5.41, 5.74) is 0.925. The van der Waals surface area contributed by atoms with E-state index in [-0.39, 0.29) is 5.69 Å². The lowest BCUT2D eigenvalue weighted by atomic mass is 9.90. The Morgan fingerprint density at radius 3 is 2.34 bits per heavy atom. The molecule has 1 amide bonds. The molecule has 8 heteroatoms. The first-order valence-corrected chi connectivity index (χ1v) is 11.3. The number of sulfonamides is 1. The minimum absolute atomic E-state index is 0.332. The highest BCUT2D eigenvalue weighted by atomic mass is 32.2. The van der Waals surface area contributed by atoms with Crippen LogP contribution >= 0.6 is 0 Å². The standard InChI is InChI=1S/C21H24F2N2O3S/c1-29(27,28)25(20-8-7-18(22)14-19(20)23)15-21(26)24-11-9-17(10-12-24)13-16-5-3-2-4-6-16/h2-8,14,17H,9-13,15H2,1H3. The summed E-state index contributed by atoms with van der Waals surface area (Å²) >= 11 is 0. The fraction of sp³-hybridized carbons (Fsp3) is 0.381. The third-order valence-electron chi connectivity index (χ3n) is 5.19. The second-order valence-corrected chi connectivity index (χ2v) is 9.29. The van der Waals surface area contributed by atoms with Crippen LogP contribution in [0.5, 0.6) is 0 Å². The van der Waals surface area contributed by atoms with Gasteiger partial charge < -0.3 is 4.90 Å². The van der Waals surface area contributed by atoms with Gasteiger partial charge >= 0.3 is 0 Å². The molecule has 3 rings (SSSR count). The topological polar surface area (TPSA) is 57.7 Å². The van der Waals surface area contributed by atoms with Crippen LogP contribution < -0.4 is 4.31 Å². The SMILES string of the molecule is CS(=O)(=O)N(CC(=O)N1CCC(Cc2ccccc2)CC1)c1ccc(F)cc1F. The fourth-order valence-corrected chi connectivity index (χ4v) is 4.47. The molecule has 0 atom stereocenters. The summed E-state index contributed by atoms with van der Waals surface area (Å²) in [5, 5.41) is 0. The number of likely N-dealkylation sites (tertiary alicyclic amines) is 1. The Labute approximate surface area is 170 Å².